The van der Waals surface area contributed by atoms with Crippen molar-refractivity contribution in [3.8, 4) is 11.5 Å². The van der Waals surface area contributed by atoms with Crippen molar-refractivity contribution in [3.63, 3.8) is 0 Å². The summed E-state index contributed by atoms with van der Waals surface area (Å²) in [6.07, 6.45) is -0.611. The van der Waals surface area contributed by atoms with Crippen LogP contribution in [0.3, 0.4) is 0 Å². The summed E-state index contributed by atoms with van der Waals surface area (Å²) in [4.78, 5) is 23.1. The summed E-state index contributed by atoms with van der Waals surface area (Å²) < 4.78 is 20.8. The fourth-order valence-corrected chi connectivity index (χ4v) is 2.35. The standard InChI is InChI=1S/C21H25NO7/c1-15(2)20(24)28-14-13-27-12-11-26-10-9-22-21(25)29-19-8-4-5-16-17(19)6-3-7-18(16)23/h3-8,23H,1,9-14H2,2H3,(H,22,25). The third kappa shape index (κ3) is 7.44. The predicted octanol–water partition coefficient (Wildman–Crippen LogP) is 2.79. The van der Waals surface area contributed by atoms with Gasteiger partial charge in [-0.25, -0.2) is 9.59 Å². The van der Waals surface area contributed by atoms with Gasteiger partial charge < -0.3 is 29.4 Å². The molecule has 0 spiro atoms. The van der Waals surface area contributed by atoms with Crippen LogP contribution in [-0.4, -0.2) is 56.7 Å². The largest absolute Gasteiger partial charge is 0.507 e. The Morgan fingerprint density at radius 2 is 1.62 bits per heavy atom. The van der Waals surface area contributed by atoms with Gasteiger partial charge in [-0.2, -0.15) is 0 Å². The predicted molar refractivity (Wildman–Crippen MR) is 107 cm³/mol. The molecule has 2 aromatic carbocycles. The van der Waals surface area contributed by atoms with Gasteiger partial charge in [-0.05, 0) is 19.1 Å². The smallest absolute Gasteiger partial charge is 0.412 e. The monoisotopic (exact) mass is 403 g/mol. The zero-order valence-electron chi connectivity index (χ0n) is 16.3. The van der Waals surface area contributed by atoms with Crippen LogP contribution in [0.15, 0.2) is 48.6 Å². The second kappa shape index (κ2) is 11.7. The first-order chi connectivity index (χ1) is 14.0. The number of ether oxygens (including phenoxy) is 4. The first-order valence-electron chi connectivity index (χ1n) is 9.13. The molecular formula is C21H25NO7. The number of rotatable bonds is 11. The first kappa shape index (κ1) is 22.2. The van der Waals surface area contributed by atoms with E-state index in [1.54, 1.807) is 43.3 Å². The summed E-state index contributed by atoms with van der Waals surface area (Å²) >= 11 is 0. The maximum Gasteiger partial charge on any atom is 0.412 e. The lowest BCUT2D eigenvalue weighted by atomic mass is 10.1. The normalized spacial score (nSPS) is 10.5. The molecule has 0 bridgehead atoms. The van der Waals surface area contributed by atoms with Gasteiger partial charge in [-0.1, -0.05) is 30.8 Å². The topological polar surface area (TPSA) is 103 Å². The van der Waals surface area contributed by atoms with E-state index in [0.29, 0.717) is 41.9 Å². The van der Waals surface area contributed by atoms with Crippen molar-refractivity contribution in [1.82, 2.24) is 5.32 Å². The molecule has 8 nitrogen and oxygen atoms in total. The van der Waals surface area contributed by atoms with Crippen LogP contribution >= 0.6 is 0 Å². The Morgan fingerprint density at radius 1 is 0.966 bits per heavy atom. The molecule has 2 aromatic rings. The van der Waals surface area contributed by atoms with Crippen LogP contribution in [0.5, 0.6) is 11.5 Å². The van der Waals surface area contributed by atoms with E-state index in [4.69, 9.17) is 18.9 Å². The Labute approximate surface area is 169 Å². The van der Waals surface area contributed by atoms with E-state index in [-0.39, 0.29) is 25.5 Å². The molecule has 156 valence electrons. The molecule has 1 amide bonds. The van der Waals surface area contributed by atoms with E-state index in [0.717, 1.165) is 0 Å². The molecule has 0 saturated heterocycles. The molecular weight excluding hydrogens is 378 g/mol. The number of aromatic hydroxyl groups is 1. The molecule has 2 rings (SSSR count). The molecule has 0 atom stereocenters. The minimum atomic E-state index is -0.611. The molecule has 0 fully saturated rings. The Bertz CT molecular complexity index is 850. The van der Waals surface area contributed by atoms with Crippen LogP contribution in [0.2, 0.25) is 0 Å². The van der Waals surface area contributed by atoms with Crippen LogP contribution in [0, 0.1) is 0 Å². The number of carbonyl (C=O) groups excluding carboxylic acids is 2. The lowest BCUT2D eigenvalue weighted by molar-refractivity contribution is -0.140. The molecule has 0 heterocycles. The Balaban J connectivity index is 1.56. The first-order valence-corrected chi connectivity index (χ1v) is 9.13. The van der Waals surface area contributed by atoms with Gasteiger partial charge in [0.2, 0.25) is 0 Å². The highest BCUT2D eigenvalue weighted by Crippen LogP contribution is 2.31. The molecule has 0 aliphatic heterocycles. The molecule has 29 heavy (non-hydrogen) atoms. The number of hydrogen-bond donors (Lipinski definition) is 2. The zero-order chi connectivity index (χ0) is 21.1. The second-order valence-corrected chi connectivity index (χ2v) is 6.09. The van der Waals surface area contributed by atoms with E-state index in [1.807, 2.05) is 0 Å². The Morgan fingerprint density at radius 3 is 2.38 bits per heavy atom. The number of phenols is 1. The summed E-state index contributed by atoms with van der Waals surface area (Å²) in [5.41, 5.74) is 0.345. The van der Waals surface area contributed by atoms with Gasteiger partial charge in [-0.3, -0.25) is 0 Å². The van der Waals surface area contributed by atoms with Crippen molar-refractivity contribution in [2.24, 2.45) is 0 Å². The van der Waals surface area contributed by atoms with Crippen LogP contribution in [0.1, 0.15) is 6.92 Å². The van der Waals surface area contributed by atoms with Gasteiger partial charge in [0.25, 0.3) is 0 Å². The van der Waals surface area contributed by atoms with Crippen molar-refractivity contribution in [2.75, 3.05) is 39.6 Å². The molecule has 0 aliphatic carbocycles. The van der Waals surface area contributed by atoms with Gasteiger partial charge in [0.05, 0.1) is 26.4 Å². The van der Waals surface area contributed by atoms with Gasteiger partial charge in [0, 0.05) is 22.9 Å². The highest BCUT2D eigenvalue weighted by molar-refractivity contribution is 5.94. The van der Waals surface area contributed by atoms with Crippen molar-refractivity contribution < 1.29 is 33.6 Å². The van der Waals surface area contributed by atoms with Gasteiger partial charge in [-0.15, -0.1) is 0 Å². The average Bonchev–Trinajstić information content (AvgIpc) is 2.70. The molecule has 0 aromatic heterocycles. The summed E-state index contributed by atoms with van der Waals surface area (Å²) in [5.74, 6) is 0.0404. The van der Waals surface area contributed by atoms with Crippen molar-refractivity contribution >= 4 is 22.8 Å². The van der Waals surface area contributed by atoms with Crippen molar-refractivity contribution in [1.29, 1.82) is 0 Å². The number of amides is 1. The Hall–Kier alpha value is -3.10. The number of nitrogens with one attached hydrogen (secondary N) is 1. The number of benzene rings is 2. The molecule has 2 N–H and O–H groups in total. The number of esters is 1. The number of phenolic OH excluding ortho intramolecular Hbond substituents is 1. The van der Waals surface area contributed by atoms with Crippen molar-refractivity contribution in [3.05, 3.63) is 48.6 Å². The highest BCUT2D eigenvalue weighted by Gasteiger charge is 2.09. The average molecular weight is 403 g/mol. The van der Waals surface area contributed by atoms with Crippen LogP contribution in [0.25, 0.3) is 10.8 Å². The molecule has 0 unspecified atom stereocenters. The minimum absolute atomic E-state index is 0.123. The third-order valence-corrected chi connectivity index (χ3v) is 3.76. The second-order valence-electron chi connectivity index (χ2n) is 6.09. The fraction of sp³-hybridized carbons (Fsp3) is 0.333. The summed E-state index contributed by atoms with van der Waals surface area (Å²) in [5, 5.41) is 13.7. The van der Waals surface area contributed by atoms with Crippen LogP contribution in [0.4, 0.5) is 4.79 Å². The SMILES string of the molecule is C=C(C)C(=O)OCCOCCOCCNC(=O)Oc1cccc2c(O)cccc12. The zero-order valence-corrected chi connectivity index (χ0v) is 16.3. The highest BCUT2D eigenvalue weighted by atomic mass is 16.6. The van der Waals surface area contributed by atoms with Crippen LogP contribution in [-0.2, 0) is 19.0 Å². The van der Waals surface area contributed by atoms with E-state index in [9.17, 15) is 14.7 Å². The van der Waals surface area contributed by atoms with Crippen LogP contribution < -0.4 is 10.1 Å². The Kier molecular flexibility index (Phi) is 8.94. The molecule has 0 aliphatic rings. The molecule has 8 heteroatoms. The van der Waals surface area contributed by atoms with E-state index < -0.39 is 12.1 Å². The fourth-order valence-electron chi connectivity index (χ4n) is 2.35. The lowest BCUT2D eigenvalue weighted by Gasteiger charge is -2.10. The quantitative estimate of drug-likeness (QED) is 0.338. The van der Waals surface area contributed by atoms with Gasteiger partial charge in [0.1, 0.15) is 18.1 Å². The minimum Gasteiger partial charge on any atom is -0.507 e. The maximum absolute atomic E-state index is 11.9. The van der Waals surface area contributed by atoms with E-state index >= 15 is 0 Å². The van der Waals surface area contributed by atoms with E-state index in [2.05, 4.69) is 11.9 Å². The van der Waals surface area contributed by atoms with Crippen molar-refractivity contribution in [2.45, 2.75) is 6.92 Å². The number of carbonyl (C=O) groups is 2. The third-order valence-electron chi connectivity index (χ3n) is 3.76. The molecule has 0 saturated carbocycles. The van der Waals surface area contributed by atoms with Gasteiger partial charge >= 0.3 is 12.1 Å². The summed E-state index contributed by atoms with van der Waals surface area (Å²) in [6.45, 7) is 6.73. The van der Waals surface area contributed by atoms with E-state index in [1.165, 1.54) is 0 Å². The molecule has 0 radical (unpaired) electrons. The number of fused-ring (bicyclic) bond motifs is 1. The summed E-state index contributed by atoms with van der Waals surface area (Å²) in [6, 6.07) is 10.1. The lowest BCUT2D eigenvalue weighted by Crippen LogP contribution is -2.30. The number of hydrogen-bond acceptors (Lipinski definition) is 7. The summed E-state index contributed by atoms with van der Waals surface area (Å²) in [7, 11) is 0. The maximum atomic E-state index is 11.9. The van der Waals surface area contributed by atoms with Gasteiger partial charge in [0.15, 0.2) is 0 Å².